The summed E-state index contributed by atoms with van der Waals surface area (Å²) in [7, 11) is 0. The van der Waals surface area contributed by atoms with E-state index in [-0.39, 0.29) is 4.75 Å². The minimum atomic E-state index is 0.243. The summed E-state index contributed by atoms with van der Waals surface area (Å²) in [5, 5.41) is 3.48. The largest absolute Gasteiger partial charge is 0.310 e. The maximum Gasteiger partial charge on any atom is 0.0218 e. The van der Waals surface area contributed by atoms with Crippen LogP contribution in [0.4, 0.5) is 0 Å². The van der Waals surface area contributed by atoms with Crippen LogP contribution in [0.1, 0.15) is 40.2 Å². The first-order valence-electron chi connectivity index (χ1n) is 5.99. The maximum atomic E-state index is 3.55. The van der Waals surface area contributed by atoms with Crippen molar-refractivity contribution < 1.29 is 0 Å². The van der Waals surface area contributed by atoms with Crippen LogP contribution < -0.4 is 5.32 Å². The minimum Gasteiger partial charge on any atom is -0.310 e. The molecule has 0 saturated heterocycles. The van der Waals surface area contributed by atoms with Gasteiger partial charge in [0.05, 0.1) is 0 Å². The van der Waals surface area contributed by atoms with Crippen LogP contribution in [0.3, 0.4) is 0 Å². The first kappa shape index (κ1) is 15.1. The molecule has 0 spiro atoms. The fraction of sp³-hybridized carbons (Fsp3) is 0.571. The standard InChI is InChI=1S/C14H22BrNS/c1-10(2)16-9-11-6-7-12(15)8-13(11)17-14(3,4)5/h6-8,10,16H,9H2,1-5H3. The number of benzene rings is 1. The van der Waals surface area contributed by atoms with Gasteiger partial charge in [-0.05, 0) is 17.7 Å². The first-order chi connectivity index (χ1) is 7.78. The Morgan fingerprint density at radius 3 is 2.47 bits per heavy atom. The average Bonchev–Trinajstić information content (AvgIpc) is 2.13. The molecule has 1 nitrogen and oxygen atoms in total. The zero-order valence-electron chi connectivity index (χ0n) is 11.3. The second kappa shape index (κ2) is 6.26. The van der Waals surface area contributed by atoms with Gasteiger partial charge in [-0.15, -0.1) is 11.8 Å². The molecule has 3 heteroatoms. The van der Waals surface area contributed by atoms with Gasteiger partial charge < -0.3 is 5.32 Å². The Hall–Kier alpha value is 0.01000. The van der Waals surface area contributed by atoms with Gasteiger partial charge in [0.15, 0.2) is 0 Å². The molecule has 0 radical (unpaired) electrons. The molecular formula is C14H22BrNS. The molecule has 1 aromatic rings. The zero-order valence-corrected chi connectivity index (χ0v) is 13.7. The third-order valence-corrected chi connectivity index (χ3v) is 3.85. The Balaban J connectivity index is 2.88. The van der Waals surface area contributed by atoms with Crippen molar-refractivity contribution in [3.63, 3.8) is 0 Å². The van der Waals surface area contributed by atoms with Gasteiger partial charge in [-0.2, -0.15) is 0 Å². The lowest BCUT2D eigenvalue weighted by Crippen LogP contribution is -2.22. The van der Waals surface area contributed by atoms with Crippen LogP contribution in [0.15, 0.2) is 27.6 Å². The number of hydrogen-bond acceptors (Lipinski definition) is 2. The lowest BCUT2D eigenvalue weighted by molar-refractivity contribution is 0.584. The highest BCUT2D eigenvalue weighted by atomic mass is 79.9. The molecule has 0 aromatic heterocycles. The molecule has 0 unspecified atom stereocenters. The van der Waals surface area contributed by atoms with Crippen molar-refractivity contribution in [1.82, 2.24) is 5.32 Å². The fourth-order valence-corrected chi connectivity index (χ4v) is 3.04. The Labute approximate surface area is 118 Å². The average molecular weight is 316 g/mol. The molecule has 1 aromatic carbocycles. The number of rotatable bonds is 4. The van der Waals surface area contributed by atoms with Gasteiger partial charge in [0.2, 0.25) is 0 Å². The molecular weight excluding hydrogens is 294 g/mol. The van der Waals surface area contributed by atoms with E-state index in [1.165, 1.54) is 10.5 Å². The summed E-state index contributed by atoms with van der Waals surface area (Å²) >= 11 is 5.47. The molecule has 0 amide bonds. The van der Waals surface area contributed by atoms with Gasteiger partial charge in [-0.3, -0.25) is 0 Å². The van der Waals surface area contributed by atoms with Crippen molar-refractivity contribution in [3.05, 3.63) is 28.2 Å². The predicted octanol–water partition coefficient (Wildman–Crippen LogP) is 4.84. The second-order valence-electron chi connectivity index (χ2n) is 5.50. The Morgan fingerprint density at radius 1 is 1.29 bits per heavy atom. The third kappa shape index (κ3) is 5.94. The molecule has 1 N–H and O–H groups in total. The summed E-state index contributed by atoms with van der Waals surface area (Å²) in [6.07, 6.45) is 0. The summed E-state index contributed by atoms with van der Waals surface area (Å²) in [6.45, 7) is 12.0. The minimum absolute atomic E-state index is 0.243. The highest BCUT2D eigenvalue weighted by Gasteiger charge is 2.15. The van der Waals surface area contributed by atoms with Crippen LogP contribution in [0.2, 0.25) is 0 Å². The fourth-order valence-electron chi connectivity index (χ4n) is 1.41. The Kier molecular flexibility index (Phi) is 5.55. The van der Waals surface area contributed by atoms with Crippen LogP contribution in [0, 0.1) is 0 Å². The van der Waals surface area contributed by atoms with Gasteiger partial charge in [0, 0.05) is 26.7 Å². The van der Waals surface area contributed by atoms with E-state index in [0.717, 1.165) is 11.0 Å². The summed E-state index contributed by atoms with van der Waals surface area (Å²) in [4.78, 5) is 1.36. The van der Waals surface area contributed by atoms with Crippen LogP contribution in [0.5, 0.6) is 0 Å². The van der Waals surface area contributed by atoms with Gasteiger partial charge in [0.25, 0.3) is 0 Å². The zero-order chi connectivity index (χ0) is 13.1. The SMILES string of the molecule is CC(C)NCc1ccc(Br)cc1SC(C)(C)C. The molecule has 96 valence electrons. The van der Waals surface area contributed by atoms with Crippen molar-refractivity contribution in [2.45, 2.75) is 56.8 Å². The van der Waals surface area contributed by atoms with Crippen molar-refractivity contribution in [1.29, 1.82) is 0 Å². The molecule has 0 aliphatic heterocycles. The van der Waals surface area contributed by atoms with E-state index in [2.05, 4.69) is 74.1 Å². The molecule has 0 aliphatic rings. The second-order valence-corrected chi connectivity index (χ2v) is 8.29. The van der Waals surface area contributed by atoms with Gasteiger partial charge >= 0.3 is 0 Å². The normalized spacial score (nSPS) is 12.2. The number of hydrogen-bond donors (Lipinski definition) is 1. The quantitative estimate of drug-likeness (QED) is 0.798. The van der Waals surface area contributed by atoms with Crippen LogP contribution in [0.25, 0.3) is 0 Å². The monoisotopic (exact) mass is 315 g/mol. The Morgan fingerprint density at radius 2 is 1.94 bits per heavy atom. The topological polar surface area (TPSA) is 12.0 Å². The van der Waals surface area contributed by atoms with E-state index in [9.17, 15) is 0 Å². The van der Waals surface area contributed by atoms with Crippen molar-refractivity contribution in [2.24, 2.45) is 0 Å². The number of nitrogens with one attached hydrogen (secondary N) is 1. The summed E-state index contributed by atoms with van der Waals surface area (Å²) in [5.41, 5.74) is 1.38. The number of halogens is 1. The molecule has 0 heterocycles. The molecule has 0 fully saturated rings. The summed E-state index contributed by atoms with van der Waals surface area (Å²) < 4.78 is 1.39. The highest BCUT2D eigenvalue weighted by Crippen LogP contribution is 2.35. The van der Waals surface area contributed by atoms with E-state index in [1.807, 2.05) is 11.8 Å². The smallest absolute Gasteiger partial charge is 0.0218 e. The maximum absolute atomic E-state index is 3.55. The van der Waals surface area contributed by atoms with E-state index >= 15 is 0 Å². The molecule has 1 rings (SSSR count). The van der Waals surface area contributed by atoms with Gasteiger partial charge in [0.1, 0.15) is 0 Å². The Bertz CT molecular complexity index is 369. The van der Waals surface area contributed by atoms with Gasteiger partial charge in [-0.1, -0.05) is 56.6 Å². The van der Waals surface area contributed by atoms with E-state index in [4.69, 9.17) is 0 Å². The summed E-state index contributed by atoms with van der Waals surface area (Å²) in [5.74, 6) is 0. The number of thioether (sulfide) groups is 1. The van der Waals surface area contributed by atoms with Crippen LogP contribution >= 0.6 is 27.7 Å². The van der Waals surface area contributed by atoms with Crippen molar-refractivity contribution >= 4 is 27.7 Å². The molecule has 0 aliphatic carbocycles. The van der Waals surface area contributed by atoms with Gasteiger partial charge in [-0.25, -0.2) is 0 Å². The van der Waals surface area contributed by atoms with E-state index in [0.29, 0.717) is 6.04 Å². The molecule has 0 atom stereocenters. The highest BCUT2D eigenvalue weighted by molar-refractivity contribution is 9.10. The molecule has 0 saturated carbocycles. The lowest BCUT2D eigenvalue weighted by Gasteiger charge is -2.21. The van der Waals surface area contributed by atoms with E-state index in [1.54, 1.807) is 0 Å². The first-order valence-corrected chi connectivity index (χ1v) is 7.60. The third-order valence-electron chi connectivity index (χ3n) is 2.15. The molecule has 0 bridgehead atoms. The lowest BCUT2D eigenvalue weighted by atomic mass is 10.2. The van der Waals surface area contributed by atoms with E-state index < -0.39 is 0 Å². The molecule has 17 heavy (non-hydrogen) atoms. The predicted molar refractivity (Wildman–Crippen MR) is 81.7 cm³/mol. The van der Waals surface area contributed by atoms with Crippen LogP contribution in [-0.2, 0) is 6.54 Å². The van der Waals surface area contributed by atoms with Crippen molar-refractivity contribution in [2.75, 3.05) is 0 Å². The van der Waals surface area contributed by atoms with Crippen LogP contribution in [-0.4, -0.2) is 10.8 Å². The summed E-state index contributed by atoms with van der Waals surface area (Å²) in [6, 6.07) is 7.05. The van der Waals surface area contributed by atoms with Crippen molar-refractivity contribution in [3.8, 4) is 0 Å².